The Morgan fingerprint density at radius 2 is 1.84 bits per heavy atom. The first-order chi connectivity index (χ1) is 9.05. The molecule has 2 unspecified atom stereocenters. The fourth-order valence-corrected chi connectivity index (χ4v) is 5.53. The number of hydrogen-bond donors (Lipinski definition) is 0. The first-order valence-corrected chi connectivity index (χ1v) is 9.12. The van der Waals surface area contributed by atoms with Crippen LogP contribution in [-0.2, 0) is 9.84 Å². The zero-order valence-electron chi connectivity index (χ0n) is 10.4. The van der Waals surface area contributed by atoms with Crippen LogP contribution in [-0.4, -0.2) is 19.9 Å². The van der Waals surface area contributed by atoms with Crippen LogP contribution in [0.2, 0.25) is 0 Å². The molecule has 2 aromatic rings. The van der Waals surface area contributed by atoms with Crippen molar-refractivity contribution in [2.24, 2.45) is 5.92 Å². The number of benzene rings is 2. The van der Waals surface area contributed by atoms with Gasteiger partial charge in [0.1, 0.15) is 0 Å². The van der Waals surface area contributed by atoms with Gasteiger partial charge in [0.2, 0.25) is 0 Å². The van der Waals surface area contributed by atoms with Crippen LogP contribution in [0.15, 0.2) is 42.5 Å². The van der Waals surface area contributed by atoms with Crippen LogP contribution in [0.25, 0.3) is 10.8 Å². The molecular formula is C15H15BrO2S. The number of rotatable bonds is 2. The average molecular weight is 339 g/mol. The first-order valence-electron chi connectivity index (χ1n) is 6.38. The molecule has 2 nitrogen and oxygen atoms in total. The van der Waals surface area contributed by atoms with E-state index >= 15 is 0 Å². The Kier molecular flexibility index (Phi) is 3.39. The Hall–Kier alpha value is -0.870. The van der Waals surface area contributed by atoms with E-state index in [9.17, 15) is 8.42 Å². The lowest BCUT2D eigenvalue weighted by atomic mass is 9.97. The zero-order chi connectivity index (χ0) is 13.5. The minimum atomic E-state index is -2.82. The SMILES string of the molecule is O=S1(=O)CCC(C(Br)c2ccc3ccccc3c2)C1. The molecule has 0 amide bonds. The predicted molar refractivity (Wildman–Crippen MR) is 82.4 cm³/mol. The van der Waals surface area contributed by atoms with Gasteiger partial charge in [0, 0.05) is 4.83 Å². The topological polar surface area (TPSA) is 34.1 Å². The molecule has 1 aliphatic heterocycles. The van der Waals surface area contributed by atoms with Crippen molar-refractivity contribution in [3.8, 4) is 0 Å². The van der Waals surface area contributed by atoms with Gasteiger partial charge in [-0.2, -0.15) is 0 Å². The maximum absolute atomic E-state index is 11.6. The summed E-state index contributed by atoms with van der Waals surface area (Å²) >= 11 is 3.69. The fraction of sp³-hybridized carbons (Fsp3) is 0.333. The third kappa shape index (κ3) is 2.70. The number of fused-ring (bicyclic) bond motifs is 1. The highest BCUT2D eigenvalue weighted by Gasteiger charge is 2.33. The van der Waals surface area contributed by atoms with Crippen LogP contribution in [0, 0.1) is 5.92 Å². The second-order valence-electron chi connectivity index (χ2n) is 5.17. The maximum Gasteiger partial charge on any atom is 0.150 e. The van der Waals surface area contributed by atoms with Gasteiger partial charge in [0.05, 0.1) is 11.5 Å². The van der Waals surface area contributed by atoms with Crippen molar-refractivity contribution in [2.45, 2.75) is 11.2 Å². The van der Waals surface area contributed by atoms with Gasteiger partial charge >= 0.3 is 0 Å². The van der Waals surface area contributed by atoms with Crippen LogP contribution >= 0.6 is 15.9 Å². The Bertz CT molecular complexity index is 709. The summed E-state index contributed by atoms with van der Waals surface area (Å²) in [6.07, 6.45) is 0.755. The maximum atomic E-state index is 11.6. The van der Waals surface area contributed by atoms with Crippen molar-refractivity contribution in [1.82, 2.24) is 0 Å². The molecule has 2 aromatic carbocycles. The molecular weight excluding hydrogens is 324 g/mol. The summed E-state index contributed by atoms with van der Waals surface area (Å²) in [7, 11) is -2.82. The van der Waals surface area contributed by atoms with Crippen LogP contribution in [0.1, 0.15) is 16.8 Å². The van der Waals surface area contributed by atoms with E-state index in [1.54, 1.807) is 0 Å². The first kappa shape index (κ1) is 13.1. The standard InChI is InChI=1S/C15H15BrO2S/c16-15(14-7-8-19(17,18)10-14)13-6-5-11-3-1-2-4-12(11)9-13/h1-6,9,14-15H,7-8,10H2. The zero-order valence-corrected chi connectivity index (χ0v) is 12.8. The Morgan fingerprint density at radius 3 is 2.53 bits per heavy atom. The lowest BCUT2D eigenvalue weighted by Gasteiger charge is -2.17. The highest BCUT2D eigenvalue weighted by molar-refractivity contribution is 9.09. The quantitative estimate of drug-likeness (QED) is 0.782. The average Bonchev–Trinajstić information content (AvgIpc) is 2.78. The molecule has 1 fully saturated rings. The highest BCUT2D eigenvalue weighted by Crippen LogP contribution is 2.38. The van der Waals surface area contributed by atoms with E-state index in [0.717, 1.165) is 6.42 Å². The Morgan fingerprint density at radius 1 is 1.11 bits per heavy atom. The minimum absolute atomic E-state index is 0.120. The molecule has 0 spiro atoms. The monoisotopic (exact) mass is 338 g/mol. The highest BCUT2D eigenvalue weighted by atomic mass is 79.9. The smallest absolute Gasteiger partial charge is 0.150 e. The molecule has 0 saturated carbocycles. The van der Waals surface area contributed by atoms with Crippen molar-refractivity contribution in [1.29, 1.82) is 0 Å². The van der Waals surface area contributed by atoms with Crippen molar-refractivity contribution in [3.63, 3.8) is 0 Å². The molecule has 0 bridgehead atoms. The second kappa shape index (κ2) is 4.91. The van der Waals surface area contributed by atoms with Gasteiger partial charge < -0.3 is 0 Å². The van der Waals surface area contributed by atoms with Gasteiger partial charge in [-0.15, -0.1) is 0 Å². The number of alkyl halides is 1. The summed E-state index contributed by atoms with van der Waals surface area (Å²) in [4.78, 5) is 0.120. The molecule has 1 aliphatic rings. The van der Waals surface area contributed by atoms with Gasteiger partial charge in [-0.25, -0.2) is 8.42 Å². The summed E-state index contributed by atoms with van der Waals surface area (Å²) in [6, 6.07) is 14.6. The summed E-state index contributed by atoms with van der Waals surface area (Å²) in [5.74, 6) is 0.814. The molecule has 3 rings (SSSR count). The lowest BCUT2D eigenvalue weighted by molar-refractivity contribution is 0.580. The van der Waals surface area contributed by atoms with Crippen molar-refractivity contribution >= 4 is 36.5 Å². The van der Waals surface area contributed by atoms with Gasteiger partial charge in [0.25, 0.3) is 0 Å². The van der Waals surface area contributed by atoms with Crippen molar-refractivity contribution in [2.75, 3.05) is 11.5 Å². The molecule has 0 N–H and O–H groups in total. The fourth-order valence-electron chi connectivity index (χ4n) is 2.71. The molecule has 0 aromatic heterocycles. The molecule has 19 heavy (non-hydrogen) atoms. The Balaban J connectivity index is 1.91. The van der Waals surface area contributed by atoms with Crippen LogP contribution in [0.5, 0.6) is 0 Å². The predicted octanol–water partition coefficient (Wildman–Crippen LogP) is 3.71. The summed E-state index contributed by atoms with van der Waals surface area (Å²) in [6.45, 7) is 0. The number of hydrogen-bond acceptors (Lipinski definition) is 2. The lowest BCUT2D eigenvalue weighted by Crippen LogP contribution is -2.10. The van der Waals surface area contributed by atoms with Gasteiger partial charge in [-0.05, 0) is 28.7 Å². The number of sulfone groups is 1. The largest absolute Gasteiger partial charge is 0.229 e. The van der Waals surface area contributed by atoms with Gasteiger partial charge in [0.15, 0.2) is 9.84 Å². The number of halogens is 1. The van der Waals surface area contributed by atoms with E-state index in [0.29, 0.717) is 11.5 Å². The van der Waals surface area contributed by atoms with E-state index in [-0.39, 0.29) is 10.7 Å². The normalized spacial score (nSPS) is 23.5. The van der Waals surface area contributed by atoms with Crippen LogP contribution < -0.4 is 0 Å². The summed E-state index contributed by atoms with van der Waals surface area (Å²) in [5, 5.41) is 2.41. The van der Waals surface area contributed by atoms with Crippen LogP contribution in [0.3, 0.4) is 0 Å². The van der Waals surface area contributed by atoms with E-state index in [1.165, 1.54) is 16.3 Å². The molecule has 0 radical (unpaired) electrons. The van der Waals surface area contributed by atoms with E-state index < -0.39 is 9.84 Å². The van der Waals surface area contributed by atoms with Gasteiger partial charge in [-0.3, -0.25) is 0 Å². The molecule has 0 aliphatic carbocycles. The van der Waals surface area contributed by atoms with Crippen molar-refractivity contribution in [3.05, 3.63) is 48.0 Å². The third-order valence-electron chi connectivity index (χ3n) is 3.77. The van der Waals surface area contributed by atoms with E-state index in [1.807, 2.05) is 12.1 Å². The molecule has 1 heterocycles. The van der Waals surface area contributed by atoms with Crippen LogP contribution in [0.4, 0.5) is 0 Å². The van der Waals surface area contributed by atoms with Crippen molar-refractivity contribution < 1.29 is 8.42 Å². The summed E-state index contributed by atoms with van der Waals surface area (Å²) in [5.41, 5.74) is 1.17. The Labute approximate surface area is 121 Å². The van der Waals surface area contributed by atoms with E-state index in [4.69, 9.17) is 0 Å². The molecule has 4 heteroatoms. The molecule has 100 valence electrons. The second-order valence-corrected chi connectivity index (χ2v) is 8.39. The molecule has 2 atom stereocenters. The van der Waals surface area contributed by atoms with E-state index in [2.05, 4.69) is 46.3 Å². The minimum Gasteiger partial charge on any atom is -0.229 e. The summed E-state index contributed by atoms with van der Waals surface area (Å²) < 4.78 is 23.1. The molecule has 1 saturated heterocycles. The third-order valence-corrected chi connectivity index (χ3v) is 6.84. The van der Waals surface area contributed by atoms with Gasteiger partial charge in [-0.1, -0.05) is 58.4 Å².